The van der Waals surface area contributed by atoms with Gasteiger partial charge in [-0.25, -0.2) is 32.7 Å². The van der Waals surface area contributed by atoms with Crippen molar-refractivity contribution in [1.29, 1.82) is 0 Å². The minimum atomic E-state index is -3.92. The molecule has 0 aliphatic carbocycles. The first-order chi connectivity index (χ1) is 16.7. The van der Waals surface area contributed by atoms with Gasteiger partial charge in [0.2, 0.25) is 16.0 Å². The van der Waals surface area contributed by atoms with Crippen LogP contribution in [0.4, 0.5) is 26.2 Å². The zero-order valence-electron chi connectivity index (χ0n) is 18.5. The van der Waals surface area contributed by atoms with Crippen molar-refractivity contribution >= 4 is 38.4 Å². The number of nitrogens with two attached hydrogens (primary N) is 2. The fourth-order valence-electron chi connectivity index (χ4n) is 3.41. The number of ether oxygens (including phenoxy) is 1. The number of alkyl halides is 1. The maximum atomic E-state index is 15.3. The van der Waals surface area contributed by atoms with E-state index in [0.29, 0.717) is 22.0 Å². The summed E-state index contributed by atoms with van der Waals surface area (Å²) in [6, 6.07) is 7.38. The molecule has 182 valence electrons. The van der Waals surface area contributed by atoms with Crippen molar-refractivity contribution in [3.8, 4) is 28.3 Å². The van der Waals surface area contributed by atoms with Crippen LogP contribution in [-0.2, 0) is 10.0 Å². The first-order valence-electron chi connectivity index (χ1n) is 10.3. The van der Waals surface area contributed by atoms with Gasteiger partial charge in [0.05, 0.1) is 30.8 Å². The number of nitrogens with zero attached hydrogens (tertiary/aromatic N) is 4. The Labute approximate surface area is 199 Å². The topological polar surface area (TPSA) is 159 Å². The van der Waals surface area contributed by atoms with Crippen molar-refractivity contribution in [2.24, 2.45) is 0 Å². The number of halogens is 2. The zero-order chi connectivity index (χ0) is 25.2. The highest BCUT2D eigenvalue weighted by Crippen LogP contribution is 2.37. The molecule has 4 aromatic rings. The minimum absolute atomic E-state index is 0.0892. The molecule has 0 radical (unpaired) electrons. The van der Waals surface area contributed by atoms with Gasteiger partial charge in [0.1, 0.15) is 17.1 Å². The van der Waals surface area contributed by atoms with E-state index in [1.165, 1.54) is 37.7 Å². The predicted octanol–water partition coefficient (Wildman–Crippen LogP) is 3.17. The van der Waals surface area contributed by atoms with Crippen molar-refractivity contribution < 1.29 is 21.9 Å². The van der Waals surface area contributed by atoms with E-state index in [2.05, 4.69) is 24.7 Å². The van der Waals surface area contributed by atoms with Gasteiger partial charge in [0.15, 0.2) is 11.6 Å². The summed E-state index contributed by atoms with van der Waals surface area (Å²) >= 11 is 0. The number of methoxy groups -OCH3 is 1. The Bertz CT molecular complexity index is 1500. The molecule has 0 aliphatic rings. The molecule has 0 atom stereocenters. The van der Waals surface area contributed by atoms with Gasteiger partial charge in [-0.1, -0.05) is 12.1 Å². The fourth-order valence-corrected chi connectivity index (χ4v) is 4.50. The maximum absolute atomic E-state index is 15.3. The third kappa shape index (κ3) is 5.04. The Morgan fingerprint density at radius 2 is 1.83 bits per heavy atom. The number of aromatic nitrogens is 4. The smallest absolute Gasteiger partial charge is 0.232 e. The molecule has 5 N–H and O–H groups in total. The second-order valence-electron chi connectivity index (χ2n) is 7.47. The van der Waals surface area contributed by atoms with Crippen LogP contribution in [0.25, 0.3) is 33.4 Å². The molecule has 0 spiro atoms. The van der Waals surface area contributed by atoms with Gasteiger partial charge in [-0.2, -0.15) is 0 Å². The SMILES string of the molecule is COc1cc(-c2cccc(NS(=O)(=O)CCCF)c2F)cc2c(N)nc(-c3cnc(N)nc3)nc12. The van der Waals surface area contributed by atoms with Gasteiger partial charge in [0.25, 0.3) is 0 Å². The van der Waals surface area contributed by atoms with Crippen LogP contribution in [0.3, 0.4) is 0 Å². The van der Waals surface area contributed by atoms with Crippen molar-refractivity contribution in [2.45, 2.75) is 6.42 Å². The standard InChI is InChI=1S/C22H21F2N7O3S/c1-34-17-9-12(14-4-2-5-16(18(14)24)31-35(32,33)7-3-6-23)8-15-19(17)29-21(30-20(15)25)13-10-27-22(26)28-11-13/h2,4-5,8-11,31H,3,6-7H2,1H3,(H2,25,29,30)(H2,26,27,28). The average Bonchev–Trinajstić information content (AvgIpc) is 2.84. The van der Waals surface area contributed by atoms with Gasteiger partial charge < -0.3 is 16.2 Å². The van der Waals surface area contributed by atoms with Crippen LogP contribution in [0.2, 0.25) is 0 Å². The largest absolute Gasteiger partial charge is 0.494 e. The summed E-state index contributed by atoms with van der Waals surface area (Å²) in [7, 11) is -2.49. The van der Waals surface area contributed by atoms with Crippen LogP contribution in [-0.4, -0.2) is 47.9 Å². The van der Waals surface area contributed by atoms with Gasteiger partial charge in [-0.15, -0.1) is 0 Å². The summed E-state index contributed by atoms with van der Waals surface area (Å²) in [5, 5.41) is 0.396. The van der Waals surface area contributed by atoms with E-state index >= 15 is 4.39 Å². The first kappa shape index (κ1) is 24.0. The van der Waals surface area contributed by atoms with Crippen molar-refractivity contribution in [1.82, 2.24) is 19.9 Å². The molecule has 0 saturated carbocycles. The van der Waals surface area contributed by atoms with Crippen molar-refractivity contribution in [3.63, 3.8) is 0 Å². The van der Waals surface area contributed by atoms with E-state index in [-0.39, 0.29) is 41.0 Å². The molecule has 2 aromatic heterocycles. The van der Waals surface area contributed by atoms with E-state index in [1.807, 2.05) is 0 Å². The minimum Gasteiger partial charge on any atom is -0.494 e. The first-order valence-corrected chi connectivity index (χ1v) is 12.0. The zero-order valence-corrected chi connectivity index (χ0v) is 19.3. The molecule has 0 unspecified atom stereocenters. The van der Waals surface area contributed by atoms with E-state index in [1.54, 1.807) is 12.1 Å². The molecule has 0 amide bonds. The summed E-state index contributed by atoms with van der Waals surface area (Å²) in [5.41, 5.74) is 12.8. The summed E-state index contributed by atoms with van der Waals surface area (Å²) in [4.78, 5) is 16.7. The van der Waals surface area contributed by atoms with E-state index in [9.17, 15) is 12.8 Å². The number of hydrogen-bond donors (Lipinski definition) is 3. The summed E-state index contributed by atoms with van der Waals surface area (Å²) in [5.74, 6) is -0.543. The Balaban J connectivity index is 1.80. The molecular weight excluding hydrogens is 480 g/mol. The summed E-state index contributed by atoms with van der Waals surface area (Å²) in [6.07, 6.45) is 2.72. The average molecular weight is 502 g/mol. The number of hydrogen-bond acceptors (Lipinski definition) is 9. The lowest BCUT2D eigenvalue weighted by atomic mass is 10.0. The Hall–Kier alpha value is -4.13. The maximum Gasteiger partial charge on any atom is 0.232 e. The molecule has 0 aliphatic heterocycles. The van der Waals surface area contributed by atoms with Gasteiger partial charge in [0, 0.05) is 23.3 Å². The van der Waals surface area contributed by atoms with Crippen molar-refractivity contribution in [3.05, 3.63) is 48.5 Å². The van der Waals surface area contributed by atoms with E-state index in [4.69, 9.17) is 16.2 Å². The van der Waals surface area contributed by atoms with Gasteiger partial charge in [-0.05, 0) is 30.2 Å². The molecular formula is C22H21F2N7O3S. The molecule has 0 bridgehead atoms. The third-order valence-electron chi connectivity index (χ3n) is 5.07. The highest BCUT2D eigenvalue weighted by atomic mass is 32.2. The van der Waals surface area contributed by atoms with Crippen LogP contribution < -0.4 is 20.9 Å². The molecule has 13 heteroatoms. The Morgan fingerprint density at radius 1 is 1.09 bits per heavy atom. The number of nitrogens with one attached hydrogen (secondary N) is 1. The molecule has 2 aromatic carbocycles. The highest BCUT2D eigenvalue weighted by molar-refractivity contribution is 7.92. The molecule has 2 heterocycles. The Morgan fingerprint density at radius 3 is 2.51 bits per heavy atom. The van der Waals surface area contributed by atoms with Gasteiger partial charge >= 0.3 is 0 Å². The number of fused-ring (bicyclic) bond motifs is 1. The van der Waals surface area contributed by atoms with Crippen LogP contribution in [0, 0.1) is 5.82 Å². The van der Waals surface area contributed by atoms with Crippen LogP contribution >= 0.6 is 0 Å². The van der Waals surface area contributed by atoms with E-state index < -0.39 is 28.3 Å². The normalized spacial score (nSPS) is 11.5. The molecule has 4 rings (SSSR count). The number of nitrogen functional groups attached to an aromatic ring is 2. The molecule has 0 saturated heterocycles. The Kier molecular flexibility index (Phi) is 6.60. The number of rotatable bonds is 8. The monoisotopic (exact) mass is 501 g/mol. The predicted molar refractivity (Wildman–Crippen MR) is 129 cm³/mol. The quantitative estimate of drug-likeness (QED) is 0.329. The fraction of sp³-hybridized carbons (Fsp3) is 0.182. The lowest BCUT2D eigenvalue weighted by Gasteiger charge is -2.14. The van der Waals surface area contributed by atoms with Crippen LogP contribution in [0.5, 0.6) is 5.75 Å². The number of benzene rings is 2. The van der Waals surface area contributed by atoms with Crippen LogP contribution in [0.1, 0.15) is 6.42 Å². The van der Waals surface area contributed by atoms with E-state index in [0.717, 1.165) is 0 Å². The summed E-state index contributed by atoms with van der Waals surface area (Å²) in [6.45, 7) is -0.795. The number of sulfonamides is 1. The molecule has 0 fully saturated rings. The lowest BCUT2D eigenvalue weighted by molar-refractivity contribution is 0.419. The second-order valence-corrected chi connectivity index (χ2v) is 9.31. The highest BCUT2D eigenvalue weighted by Gasteiger charge is 2.19. The number of anilines is 3. The lowest BCUT2D eigenvalue weighted by Crippen LogP contribution is -2.18. The van der Waals surface area contributed by atoms with Crippen molar-refractivity contribution in [2.75, 3.05) is 35.7 Å². The summed E-state index contributed by atoms with van der Waals surface area (Å²) < 4.78 is 59.6. The van der Waals surface area contributed by atoms with Crippen LogP contribution in [0.15, 0.2) is 42.7 Å². The third-order valence-corrected chi connectivity index (χ3v) is 6.42. The molecule has 10 nitrogen and oxygen atoms in total. The van der Waals surface area contributed by atoms with Gasteiger partial charge in [-0.3, -0.25) is 9.11 Å². The molecule has 35 heavy (non-hydrogen) atoms. The second kappa shape index (κ2) is 9.62.